The van der Waals surface area contributed by atoms with Crippen molar-refractivity contribution >= 4 is 23.4 Å². The van der Waals surface area contributed by atoms with Crippen molar-refractivity contribution < 1.29 is 14.4 Å². The highest BCUT2D eigenvalue weighted by molar-refractivity contribution is 6.39. The van der Waals surface area contributed by atoms with Gasteiger partial charge < -0.3 is 16.0 Å². The molecule has 0 aliphatic carbocycles. The van der Waals surface area contributed by atoms with E-state index in [0.29, 0.717) is 11.6 Å². The first-order valence-corrected chi connectivity index (χ1v) is 9.17. The molecule has 0 bridgehead atoms. The van der Waals surface area contributed by atoms with Gasteiger partial charge in [-0.15, -0.1) is 0 Å². The van der Waals surface area contributed by atoms with Crippen LogP contribution in [0.4, 0.5) is 5.69 Å². The van der Waals surface area contributed by atoms with Crippen molar-refractivity contribution in [1.29, 1.82) is 0 Å². The summed E-state index contributed by atoms with van der Waals surface area (Å²) in [7, 11) is 0. The third-order valence-corrected chi connectivity index (χ3v) is 3.79. The summed E-state index contributed by atoms with van der Waals surface area (Å²) in [5.41, 5.74) is 1.36. The van der Waals surface area contributed by atoms with Crippen molar-refractivity contribution in [2.45, 2.75) is 66.0 Å². The molecule has 0 saturated heterocycles. The first-order chi connectivity index (χ1) is 12.2. The average molecular weight is 361 g/mol. The molecular weight excluding hydrogens is 330 g/mol. The molecule has 0 aliphatic rings. The fourth-order valence-corrected chi connectivity index (χ4v) is 2.40. The first kappa shape index (κ1) is 21.7. The van der Waals surface area contributed by atoms with Gasteiger partial charge in [0.15, 0.2) is 0 Å². The van der Waals surface area contributed by atoms with Gasteiger partial charge in [-0.2, -0.15) is 0 Å². The molecule has 1 aromatic carbocycles. The SMILES string of the molecule is CC(C)CCC(C)NC(=O)C(=O)Nc1ccc(CC(=O)NC(C)C)cc1. The molecule has 0 fully saturated rings. The van der Waals surface area contributed by atoms with Gasteiger partial charge in [0.25, 0.3) is 0 Å². The summed E-state index contributed by atoms with van der Waals surface area (Å²) >= 11 is 0. The molecule has 26 heavy (non-hydrogen) atoms. The van der Waals surface area contributed by atoms with Crippen molar-refractivity contribution in [3.8, 4) is 0 Å². The summed E-state index contributed by atoms with van der Waals surface area (Å²) in [6.07, 6.45) is 2.11. The van der Waals surface area contributed by atoms with E-state index in [2.05, 4.69) is 29.8 Å². The highest BCUT2D eigenvalue weighted by Crippen LogP contribution is 2.11. The molecule has 3 amide bonds. The van der Waals surface area contributed by atoms with Crippen LogP contribution in [0.1, 0.15) is 53.0 Å². The lowest BCUT2D eigenvalue weighted by Crippen LogP contribution is -2.40. The van der Waals surface area contributed by atoms with Crippen LogP contribution in [-0.4, -0.2) is 29.8 Å². The number of benzene rings is 1. The van der Waals surface area contributed by atoms with Crippen LogP contribution in [0.3, 0.4) is 0 Å². The Hall–Kier alpha value is -2.37. The Morgan fingerprint density at radius 3 is 2.00 bits per heavy atom. The average Bonchev–Trinajstić information content (AvgIpc) is 2.53. The molecule has 1 aromatic rings. The second kappa shape index (κ2) is 10.6. The van der Waals surface area contributed by atoms with E-state index >= 15 is 0 Å². The van der Waals surface area contributed by atoms with Crippen molar-refractivity contribution in [3.05, 3.63) is 29.8 Å². The maximum atomic E-state index is 12.0. The van der Waals surface area contributed by atoms with Crippen LogP contribution in [0.2, 0.25) is 0 Å². The van der Waals surface area contributed by atoms with Gasteiger partial charge in [0.2, 0.25) is 5.91 Å². The van der Waals surface area contributed by atoms with Crippen LogP contribution >= 0.6 is 0 Å². The second-order valence-electron chi connectivity index (χ2n) is 7.40. The smallest absolute Gasteiger partial charge is 0.313 e. The van der Waals surface area contributed by atoms with Gasteiger partial charge in [-0.05, 0) is 57.2 Å². The maximum Gasteiger partial charge on any atom is 0.313 e. The van der Waals surface area contributed by atoms with E-state index in [9.17, 15) is 14.4 Å². The van der Waals surface area contributed by atoms with Gasteiger partial charge in [0.05, 0.1) is 6.42 Å². The number of anilines is 1. The third kappa shape index (κ3) is 8.65. The van der Waals surface area contributed by atoms with Gasteiger partial charge in [0, 0.05) is 17.8 Å². The summed E-state index contributed by atoms with van der Waals surface area (Å²) in [5.74, 6) is -0.816. The van der Waals surface area contributed by atoms with E-state index < -0.39 is 11.8 Å². The Morgan fingerprint density at radius 2 is 1.46 bits per heavy atom. The standard InChI is InChI=1S/C20H31N3O3/c1-13(2)6-7-15(5)22-19(25)20(26)23-17-10-8-16(9-11-17)12-18(24)21-14(3)4/h8-11,13-15H,6-7,12H2,1-5H3,(H,21,24)(H,22,25)(H,23,26). The summed E-state index contributed by atoms with van der Waals surface area (Å²) < 4.78 is 0. The topological polar surface area (TPSA) is 87.3 Å². The summed E-state index contributed by atoms with van der Waals surface area (Å²) in [5, 5.41) is 8.11. The summed E-state index contributed by atoms with van der Waals surface area (Å²) in [6, 6.07) is 6.95. The number of carbonyl (C=O) groups excluding carboxylic acids is 3. The zero-order valence-corrected chi connectivity index (χ0v) is 16.4. The minimum Gasteiger partial charge on any atom is -0.354 e. The van der Waals surface area contributed by atoms with E-state index in [1.807, 2.05) is 20.8 Å². The van der Waals surface area contributed by atoms with Gasteiger partial charge in [-0.1, -0.05) is 26.0 Å². The molecule has 1 rings (SSSR count). The number of amides is 3. The molecule has 0 radical (unpaired) electrons. The highest BCUT2D eigenvalue weighted by atomic mass is 16.2. The van der Waals surface area contributed by atoms with E-state index in [-0.39, 0.29) is 24.4 Å². The largest absolute Gasteiger partial charge is 0.354 e. The lowest BCUT2D eigenvalue weighted by molar-refractivity contribution is -0.136. The third-order valence-electron chi connectivity index (χ3n) is 3.79. The van der Waals surface area contributed by atoms with Gasteiger partial charge in [-0.25, -0.2) is 0 Å². The predicted octanol–water partition coefficient (Wildman–Crippen LogP) is 2.63. The number of rotatable bonds is 8. The van der Waals surface area contributed by atoms with Gasteiger partial charge in [-0.3, -0.25) is 14.4 Å². The molecule has 0 spiro atoms. The molecule has 1 unspecified atom stereocenters. The van der Waals surface area contributed by atoms with Crippen molar-refractivity contribution in [3.63, 3.8) is 0 Å². The first-order valence-electron chi connectivity index (χ1n) is 9.17. The van der Waals surface area contributed by atoms with E-state index in [0.717, 1.165) is 18.4 Å². The van der Waals surface area contributed by atoms with Crippen LogP contribution in [0.25, 0.3) is 0 Å². The van der Waals surface area contributed by atoms with Crippen molar-refractivity contribution in [1.82, 2.24) is 10.6 Å². The molecule has 1 atom stereocenters. The molecule has 0 aliphatic heterocycles. The minimum atomic E-state index is -0.688. The van der Waals surface area contributed by atoms with E-state index in [1.165, 1.54) is 0 Å². The molecule has 144 valence electrons. The fourth-order valence-electron chi connectivity index (χ4n) is 2.40. The van der Waals surface area contributed by atoms with Crippen molar-refractivity contribution in [2.75, 3.05) is 5.32 Å². The fraction of sp³-hybridized carbons (Fsp3) is 0.550. The Balaban J connectivity index is 2.48. The van der Waals surface area contributed by atoms with Crippen molar-refractivity contribution in [2.24, 2.45) is 5.92 Å². The van der Waals surface area contributed by atoms with Crippen LogP contribution in [0, 0.1) is 5.92 Å². The molecule has 3 N–H and O–H groups in total. The van der Waals surface area contributed by atoms with E-state index in [1.54, 1.807) is 24.3 Å². The number of carbonyl (C=O) groups is 3. The predicted molar refractivity (Wildman–Crippen MR) is 104 cm³/mol. The molecule has 0 heterocycles. The quantitative estimate of drug-likeness (QED) is 0.622. The number of hydrogen-bond acceptors (Lipinski definition) is 3. The Morgan fingerprint density at radius 1 is 0.846 bits per heavy atom. The Kier molecular flexibility index (Phi) is 8.82. The van der Waals surface area contributed by atoms with Gasteiger partial charge >= 0.3 is 11.8 Å². The lowest BCUT2D eigenvalue weighted by atomic mass is 10.0. The number of nitrogens with one attached hydrogen (secondary N) is 3. The van der Waals surface area contributed by atoms with E-state index in [4.69, 9.17) is 0 Å². The summed E-state index contributed by atoms with van der Waals surface area (Å²) in [6.45, 7) is 9.95. The molecule has 0 saturated carbocycles. The van der Waals surface area contributed by atoms with Crippen LogP contribution in [-0.2, 0) is 20.8 Å². The Labute approximate surface area is 156 Å². The molecule has 6 heteroatoms. The summed E-state index contributed by atoms with van der Waals surface area (Å²) in [4.78, 5) is 35.7. The number of hydrogen-bond donors (Lipinski definition) is 3. The second-order valence-corrected chi connectivity index (χ2v) is 7.40. The van der Waals surface area contributed by atoms with Crippen LogP contribution in [0.5, 0.6) is 0 Å². The minimum absolute atomic E-state index is 0.0440. The molecule has 6 nitrogen and oxygen atoms in total. The lowest BCUT2D eigenvalue weighted by Gasteiger charge is -2.15. The normalized spacial score (nSPS) is 12.0. The van der Waals surface area contributed by atoms with Gasteiger partial charge in [0.1, 0.15) is 0 Å². The maximum absolute atomic E-state index is 12.0. The highest BCUT2D eigenvalue weighted by Gasteiger charge is 2.16. The molecular formula is C20H31N3O3. The zero-order valence-electron chi connectivity index (χ0n) is 16.4. The monoisotopic (exact) mass is 361 g/mol. The Bertz CT molecular complexity index is 609. The zero-order chi connectivity index (χ0) is 19.7. The van der Waals surface area contributed by atoms with Crippen LogP contribution in [0.15, 0.2) is 24.3 Å². The van der Waals surface area contributed by atoms with Crippen LogP contribution < -0.4 is 16.0 Å². The molecule has 0 aromatic heterocycles.